The van der Waals surface area contributed by atoms with E-state index in [-0.39, 0.29) is 12.1 Å². The molecule has 4 aliphatic rings. The van der Waals surface area contributed by atoms with Gasteiger partial charge in [0, 0.05) is 21.7 Å². The van der Waals surface area contributed by atoms with Crippen LogP contribution in [0.2, 0.25) is 0 Å². The fraction of sp³-hybridized carbons (Fsp3) is 0.250. The van der Waals surface area contributed by atoms with Gasteiger partial charge in [0.15, 0.2) is 0 Å². The lowest BCUT2D eigenvalue weighted by Gasteiger charge is -2.26. The first kappa shape index (κ1) is 22.5. The number of esters is 1. The zero-order valence-electron chi connectivity index (χ0n) is 18.2. The van der Waals surface area contributed by atoms with Crippen LogP contribution in [0.15, 0.2) is 106 Å². The van der Waals surface area contributed by atoms with Crippen molar-refractivity contribution >= 4 is 40.1 Å². The SMILES string of the molecule is C=C(C)C(=O)OC(CCC1=C2CC=CC=C2C=CC1=S)CC1=C2CC=CC=C2C=CC1=S. The first-order chi connectivity index (χ1) is 15.4. The van der Waals surface area contributed by atoms with Crippen molar-refractivity contribution in [2.45, 2.75) is 45.1 Å². The van der Waals surface area contributed by atoms with Crippen LogP contribution in [-0.4, -0.2) is 21.8 Å². The van der Waals surface area contributed by atoms with Crippen molar-refractivity contribution < 1.29 is 9.53 Å². The number of allylic oxidation sites excluding steroid dienone is 15. The van der Waals surface area contributed by atoms with E-state index in [9.17, 15) is 4.79 Å². The zero-order valence-corrected chi connectivity index (χ0v) is 19.9. The van der Waals surface area contributed by atoms with Gasteiger partial charge >= 0.3 is 5.97 Å². The maximum absolute atomic E-state index is 12.4. The van der Waals surface area contributed by atoms with Gasteiger partial charge in [0.25, 0.3) is 0 Å². The minimum absolute atomic E-state index is 0.299. The van der Waals surface area contributed by atoms with E-state index in [4.69, 9.17) is 29.2 Å². The Hall–Kier alpha value is -2.69. The second-order valence-electron chi connectivity index (χ2n) is 8.37. The number of fused-ring (bicyclic) bond motifs is 2. The number of ether oxygens (including phenoxy) is 1. The summed E-state index contributed by atoms with van der Waals surface area (Å²) in [6.07, 6.45) is 24.3. The summed E-state index contributed by atoms with van der Waals surface area (Å²) in [4.78, 5) is 14.1. The molecule has 0 amide bonds. The van der Waals surface area contributed by atoms with Gasteiger partial charge in [0.1, 0.15) is 6.10 Å². The second-order valence-corrected chi connectivity index (χ2v) is 9.25. The van der Waals surface area contributed by atoms with Crippen LogP contribution in [0.5, 0.6) is 0 Å². The number of hydrogen-bond acceptors (Lipinski definition) is 4. The van der Waals surface area contributed by atoms with Gasteiger partial charge in [-0.05, 0) is 78.2 Å². The molecule has 0 saturated heterocycles. The minimum atomic E-state index is -0.359. The molecule has 0 fully saturated rings. The van der Waals surface area contributed by atoms with Crippen molar-refractivity contribution in [3.05, 3.63) is 106 Å². The van der Waals surface area contributed by atoms with E-state index in [1.165, 1.54) is 27.9 Å². The van der Waals surface area contributed by atoms with Gasteiger partial charge in [-0.15, -0.1) is 0 Å². The van der Waals surface area contributed by atoms with Crippen molar-refractivity contribution in [2.24, 2.45) is 0 Å². The van der Waals surface area contributed by atoms with Gasteiger partial charge in [-0.1, -0.05) is 79.6 Å². The normalized spacial score (nSPS) is 20.0. The Morgan fingerprint density at radius 3 is 2.12 bits per heavy atom. The highest BCUT2D eigenvalue weighted by Gasteiger charge is 2.25. The van der Waals surface area contributed by atoms with Crippen molar-refractivity contribution in [3.63, 3.8) is 0 Å². The Bertz CT molecular complexity index is 1150. The van der Waals surface area contributed by atoms with Crippen LogP contribution in [0, 0.1) is 0 Å². The maximum atomic E-state index is 12.4. The number of hydrogen-bond donors (Lipinski definition) is 0. The number of thiocarbonyl (C=S) groups is 2. The average Bonchev–Trinajstić information content (AvgIpc) is 2.79. The van der Waals surface area contributed by atoms with Crippen LogP contribution >= 0.6 is 24.4 Å². The van der Waals surface area contributed by atoms with Crippen molar-refractivity contribution in [3.8, 4) is 0 Å². The Balaban J connectivity index is 1.58. The molecule has 1 unspecified atom stereocenters. The average molecular weight is 459 g/mol. The Morgan fingerprint density at radius 2 is 1.53 bits per heavy atom. The summed E-state index contributed by atoms with van der Waals surface area (Å²) in [6.45, 7) is 5.44. The highest BCUT2D eigenvalue weighted by atomic mass is 32.1. The molecule has 0 bridgehead atoms. The van der Waals surface area contributed by atoms with E-state index in [1.807, 2.05) is 12.2 Å². The summed E-state index contributed by atoms with van der Waals surface area (Å²) in [5.41, 5.74) is 7.61. The third kappa shape index (κ3) is 4.87. The number of carbonyl (C=O) groups excluding carboxylic acids is 1. The van der Waals surface area contributed by atoms with E-state index in [0.29, 0.717) is 18.4 Å². The summed E-state index contributed by atoms with van der Waals surface area (Å²) in [7, 11) is 0. The summed E-state index contributed by atoms with van der Waals surface area (Å²) in [6, 6.07) is 0. The van der Waals surface area contributed by atoms with Crippen LogP contribution in [0.4, 0.5) is 0 Å². The molecular formula is C28H26O2S2. The summed E-state index contributed by atoms with van der Waals surface area (Å²) < 4.78 is 5.90. The van der Waals surface area contributed by atoms with Crippen LogP contribution in [0.25, 0.3) is 0 Å². The van der Waals surface area contributed by atoms with E-state index in [0.717, 1.165) is 34.6 Å². The fourth-order valence-corrected chi connectivity index (χ4v) is 4.94. The van der Waals surface area contributed by atoms with Crippen LogP contribution < -0.4 is 0 Å². The van der Waals surface area contributed by atoms with E-state index in [2.05, 4.69) is 55.2 Å². The molecule has 162 valence electrons. The minimum Gasteiger partial charge on any atom is -0.459 e. The molecule has 4 rings (SSSR count). The molecule has 0 spiro atoms. The van der Waals surface area contributed by atoms with Gasteiger partial charge in [-0.3, -0.25) is 0 Å². The third-order valence-electron chi connectivity index (χ3n) is 6.09. The summed E-state index contributed by atoms with van der Waals surface area (Å²) in [5.74, 6) is -0.359. The molecular weight excluding hydrogens is 432 g/mol. The maximum Gasteiger partial charge on any atom is 0.333 e. The van der Waals surface area contributed by atoms with E-state index in [1.54, 1.807) is 6.92 Å². The molecule has 0 aromatic rings. The number of carbonyl (C=O) groups is 1. The molecule has 4 heteroatoms. The quantitative estimate of drug-likeness (QED) is 0.236. The fourth-order valence-electron chi connectivity index (χ4n) is 4.37. The molecule has 4 aliphatic carbocycles. The van der Waals surface area contributed by atoms with Crippen molar-refractivity contribution in [1.82, 2.24) is 0 Å². The molecule has 0 heterocycles. The van der Waals surface area contributed by atoms with Crippen LogP contribution in [-0.2, 0) is 9.53 Å². The molecule has 32 heavy (non-hydrogen) atoms. The monoisotopic (exact) mass is 458 g/mol. The zero-order chi connectivity index (χ0) is 22.7. The van der Waals surface area contributed by atoms with Gasteiger partial charge in [0.2, 0.25) is 0 Å². The summed E-state index contributed by atoms with van der Waals surface area (Å²) in [5, 5.41) is 0. The number of rotatable bonds is 7. The topological polar surface area (TPSA) is 26.3 Å². The highest BCUT2D eigenvalue weighted by Crippen LogP contribution is 2.35. The molecule has 0 radical (unpaired) electrons. The van der Waals surface area contributed by atoms with Crippen LogP contribution in [0.1, 0.15) is 39.0 Å². The molecule has 0 N–H and O–H groups in total. The second kappa shape index (κ2) is 9.85. The molecule has 0 aromatic heterocycles. The van der Waals surface area contributed by atoms with Gasteiger partial charge in [-0.2, -0.15) is 0 Å². The molecule has 0 saturated carbocycles. The van der Waals surface area contributed by atoms with Gasteiger partial charge in [0.05, 0.1) is 0 Å². The summed E-state index contributed by atoms with van der Waals surface area (Å²) >= 11 is 11.3. The van der Waals surface area contributed by atoms with Crippen molar-refractivity contribution in [2.75, 3.05) is 0 Å². The van der Waals surface area contributed by atoms with Gasteiger partial charge in [-0.25, -0.2) is 4.79 Å². The first-order valence-electron chi connectivity index (χ1n) is 10.9. The van der Waals surface area contributed by atoms with Crippen LogP contribution in [0.3, 0.4) is 0 Å². The molecule has 2 nitrogen and oxygen atoms in total. The lowest BCUT2D eigenvalue weighted by atomic mass is 9.83. The lowest BCUT2D eigenvalue weighted by molar-refractivity contribution is -0.144. The predicted octanol–water partition coefficient (Wildman–Crippen LogP) is 6.89. The Labute approximate surface area is 200 Å². The molecule has 0 aliphatic heterocycles. The molecule has 0 aromatic carbocycles. The van der Waals surface area contributed by atoms with E-state index >= 15 is 0 Å². The smallest absolute Gasteiger partial charge is 0.333 e. The third-order valence-corrected chi connectivity index (χ3v) is 6.85. The van der Waals surface area contributed by atoms with E-state index < -0.39 is 0 Å². The Morgan fingerprint density at radius 1 is 0.969 bits per heavy atom. The molecule has 1 atom stereocenters. The largest absolute Gasteiger partial charge is 0.459 e. The van der Waals surface area contributed by atoms with Gasteiger partial charge < -0.3 is 4.74 Å². The standard InChI is InChI=1S/C28H26O2S2/c1-18(2)28(29)30-21(17-25-23-10-6-4-8-20(23)12-16-27(25)32)13-14-24-22-9-5-3-7-19(22)11-15-26(24)31/h3-8,11-12,15-16,21H,1,9-10,13-14,17H2,2H3. The van der Waals surface area contributed by atoms with Crippen molar-refractivity contribution in [1.29, 1.82) is 0 Å². The lowest BCUT2D eigenvalue weighted by Crippen LogP contribution is -2.23. The Kier molecular flexibility index (Phi) is 6.92. The highest BCUT2D eigenvalue weighted by molar-refractivity contribution is 7.81. The first-order valence-corrected chi connectivity index (χ1v) is 11.8. The predicted molar refractivity (Wildman–Crippen MR) is 140 cm³/mol.